The Labute approximate surface area is 83.4 Å². The largest absolute Gasteiger partial charge is 0.573 e. The summed E-state index contributed by atoms with van der Waals surface area (Å²) < 4.78 is 38.9. The summed E-state index contributed by atoms with van der Waals surface area (Å²) >= 11 is 5.57. The Kier molecular flexibility index (Phi) is 2.92. The molecule has 0 aliphatic heterocycles. The maximum Gasteiger partial charge on any atom is 0.573 e. The van der Waals surface area contributed by atoms with Crippen LogP contribution in [0.2, 0.25) is 5.02 Å². The zero-order chi connectivity index (χ0) is 10.8. The molecule has 0 bridgehead atoms. The van der Waals surface area contributed by atoms with Crippen molar-refractivity contribution < 1.29 is 17.9 Å². The quantitative estimate of drug-likeness (QED) is 0.661. The average molecular weight is 221 g/mol. The van der Waals surface area contributed by atoms with Crippen molar-refractivity contribution in [3.05, 3.63) is 28.8 Å². The van der Waals surface area contributed by atoms with Gasteiger partial charge in [-0.1, -0.05) is 17.5 Å². The van der Waals surface area contributed by atoms with Crippen molar-refractivity contribution in [1.29, 1.82) is 0 Å². The van der Waals surface area contributed by atoms with E-state index in [0.29, 0.717) is 5.56 Å². The zero-order valence-corrected chi connectivity index (χ0v) is 7.49. The molecule has 0 atom stereocenters. The van der Waals surface area contributed by atoms with Crippen molar-refractivity contribution in [1.82, 2.24) is 0 Å². The first-order valence-corrected chi connectivity index (χ1v) is 3.82. The smallest absolute Gasteiger partial charge is 0.406 e. The monoisotopic (exact) mass is 220 g/mol. The molecule has 0 fully saturated rings. The lowest BCUT2D eigenvalue weighted by atomic mass is 10.2. The van der Waals surface area contributed by atoms with E-state index in [-0.39, 0.29) is 10.8 Å². The molecule has 0 spiro atoms. The molecular formula is C9H4ClF3O. The van der Waals surface area contributed by atoms with Crippen molar-refractivity contribution in [2.45, 2.75) is 6.36 Å². The summed E-state index contributed by atoms with van der Waals surface area (Å²) in [5.41, 5.74) is 0.321. The average Bonchev–Trinajstić information content (AvgIpc) is 2.01. The van der Waals surface area contributed by atoms with Crippen LogP contribution in [0.5, 0.6) is 5.75 Å². The summed E-state index contributed by atoms with van der Waals surface area (Å²) in [5, 5.41) is 0.0502. The fraction of sp³-hybridized carbons (Fsp3) is 0.111. The van der Waals surface area contributed by atoms with Gasteiger partial charge in [0, 0.05) is 11.6 Å². The summed E-state index contributed by atoms with van der Waals surface area (Å²) in [6, 6.07) is 3.40. The lowest BCUT2D eigenvalue weighted by molar-refractivity contribution is -0.274. The zero-order valence-electron chi connectivity index (χ0n) is 6.73. The van der Waals surface area contributed by atoms with Crippen LogP contribution in [0.4, 0.5) is 13.2 Å². The van der Waals surface area contributed by atoms with Crippen LogP contribution in [0.15, 0.2) is 18.2 Å². The number of alkyl halides is 3. The minimum absolute atomic E-state index is 0.0502. The van der Waals surface area contributed by atoms with Crippen molar-refractivity contribution >= 4 is 11.6 Å². The summed E-state index contributed by atoms with van der Waals surface area (Å²) in [5.74, 6) is 1.83. The van der Waals surface area contributed by atoms with Gasteiger partial charge in [0.05, 0.1) is 5.02 Å². The van der Waals surface area contributed by atoms with Gasteiger partial charge in [0.1, 0.15) is 5.75 Å². The molecule has 1 aromatic rings. The van der Waals surface area contributed by atoms with E-state index in [1.807, 2.05) is 0 Å². The van der Waals surface area contributed by atoms with Crippen LogP contribution in [-0.4, -0.2) is 6.36 Å². The minimum Gasteiger partial charge on any atom is -0.406 e. The highest BCUT2D eigenvalue weighted by atomic mass is 35.5. The predicted molar refractivity (Wildman–Crippen MR) is 46.1 cm³/mol. The van der Waals surface area contributed by atoms with E-state index in [1.165, 1.54) is 6.07 Å². The molecule has 1 rings (SSSR count). The van der Waals surface area contributed by atoms with Gasteiger partial charge < -0.3 is 4.74 Å². The van der Waals surface area contributed by atoms with E-state index >= 15 is 0 Å². The van der Waals surface area contributed by atoms with E-state index in [0.717, 1.165) is 12.1 Å². The fourth-order valence-corrected chi connectivity index (χ4v) is 1.04. The first kappa shape index (κ1) is 10.7. The Balaban J connectivity index is 2.94. The van der Waals surface area contributed by atoms with Crippen molar-refractivity contribution in [2.24, 2.45) is 0 Å². The van der Waals surface area contributed by atoms with E-state index in [2.05, 4.69) is 10.7 Å². The molecule has 0 aromatic heterocycles. The van der Waals surface area contributed by atoms with Crippen LogP contribution in [0.1, 0.15) is 5.56 Å². The van der Waals surface area contributed by atoms with Crippen LogP contribution in [-0.2, 0) is 0 Å². The second-order valence-corrected chi connectivity index (χ2v) is 2.74. The number of halogens is 4. The molecule has 0 saturated carbocycles. The summed E-state index contributed by atoms with van der Waals surface area (Å²) in [7, 11) is 0. The number of ether oxygens (including phenoxy) is 1. The van der Waals surface area contributed by atoms with Gasteiger partial charge in [-0.15, -0.1) is 19.6 Å². The fourth-order valence-electron chi connectivity index (χ4n) is 0.810. The highest BCUT2D eigenvalue weighted by molar-refractivity contribution is 6.31. The molecule has 0 radical (unpaired) electrons. The van der Waals surface area contributed by atoms with E-state index < -0.39 is 6.36 Å². The van der Waals surface area contributed by atoms with Gasteiger partial charge in [-0.3, -0.25) is 0 Å². The summed E-state index contributed by atoms with van der Waals surface area (Å²) in [6.07, 6.45) is 0.309. The van der Waals surface area contributed by atoms with Crippen molar-refractivity contribution in [2.75, 3.05) is 0 Å². The third-order valence-corrected chi connectivity index (χ3v) is 1.64. The lowest BCUT2D eigenvalue weighted by Gasteiger charge is -2.08. The molecule has 0 aliphatic rings. The maximum absolute atomic E-state index is 11.7. The van der Waals surface area contributed by atoms with Crippen LogP contribution < -0.4 is 4.74 Å². The Morgan fingerprint density at radius 3 is 2.43 bits per heavy atom. The molecule has 14 heavy (non-hydrogen) atoms. The molecule has 74 valence electrons. The van der Waals surface area contributed by atoms with E-state index in [9.17, 15) is 13.2 Å². The van der Waals surface area contributed by atoms with Gasteiger partial charge in [-0.05, 0) is 12.1 Å². The third kappa shape index (κ3) is 2.86. The highest BCUT2D eigenvalue weighted by Crippen LogP contribution is 2.26. The van der Waals surface area contributed by atoms with Crippen LogP contribution in [0, 0.1) is 12.3 Å². The normalized spacial score (nSPS) is 10.8. The second kappa shape index (κ2) is 3.81. The van der Waals surface area contributed by atoms with Gasteiger partial charge in [-0.2, -0.15) is 0 Å². The maximum atomic E-state index is 11.7. The van der Waals surface area contributed by atoms with Gasteiger partial charge in [0.15, 0.2) is 0 Å². The van der Waals surface area contributed by atoms with Crippen LogP contribution in [0.25, 0.3) is 0 Å². The van der Waals surface area contributed by atoms with Gasteiger partial charge in [-0.25, -0.2) is 0 Å². The number of terminal acetylenes is 1. The Morgan fingerprint density at radius 2 is 2.00 bits per heavy atom. The highest BCUT2D eigenvalue weighted by Gasteiger charge is 2.31. The Hall–Kier alpha value is -1.34. The van der Waals surface area contributed by atoms with Gasteiger partial charge in [0.2, 0.25) is 0 Å². The SMILES string of the molecule is C#Cc1ccc(OC(F)(F)F)cc1Cl. The second-order valence-electron chi connectivity index (χ2n) is 2.33. The van der Waals surface area contributed by atoms with Crippen molar-refractivity contribution in [3.8, 4) is 18.1 Å². The lowest BCUT2D eigenvalue weighted by Crippen LogP contribution is -2.17. The van der Waals surface area contributed by atoms with Gasteiger partial charge >= 0.3 is 6.36 Å². The number of rotatable bonds is 1. The van der Waals surface area contributed by atoms with Crippen molar-refractivity contribution in [3.63, 3.8) is 0 Å². The molecule has 0 N–H and O–H groups in total. The molecular weight excluding hydrogens is 217 g/mol. The van der Waals surface area contributed by atoms with Crippen LogP contribution >= 0.6 is 11.6 Å². The predicted octanol–water partition coefficient (Wildman–Crippen LogP) is 3.22. The summed E-state index contributed by atoms with van der Waals surface area (Å²) in [4.78, 5) is 0. The van der Waals surface area contributed by atoms with E-state index in [1.54, 1.807) is 0 Å². The van der Waals surface area contributed by atoms with Gasteiger partial charge in [0.25, 0.3) is 0 Å². The molecule has 1 nitrogen and oxygen atoms in total. The number of hydrogen-bond acceptors (Lipinski definition) is 1. The Morgan fingerprint density at radius 1 is 1.36 bits per heavy atom. The molecule has 1 aromatic carbocycles. The topological polar surface area (TPSA) is 9.23 Å². The van der Waals surface area contributed by atoms with Crippen LogP contribution in [0.3, 0.4) is 0 Å². The number of benzene rings is 1. The number of hydrogen-bond donors (Lipinski definition) is 0. The first-order valence-electron chi connectivity index (χ1n) is 3.44. The third-order valence-electron chi connectivity index (χ3n) is 1.33. The molecule has 0 aliphatic carbocycles. The Bertz CT molecular complexity index is 379. The molecule has 0 heterocycles. The summed E-state index contributed by atoms with van der Waals surface area (Å²) in [6.45, 7) is 0. The standard InChI is InChI=1S/C9H4ClF3O/c1-2-6-3-4-7(5-8(6)10)14-9(11,12)13/h1,3-5H. The molecule has 0 saturated heterocycles. The van der Waals surface area contributed by atoms with E-state index in [4.69, 9.17) is 18.0 Å². The molecule has 5 heteroatoms. The molecule has 0 unspecified atom stereocenters. The first-order chi connectivity index (χ1) is 6.42. The molecule has 0 amide bonds. The minimum atomic E-state index is -4.72.